The molecule has 0 radical (unpaired) electrons. The number of benzene rings is 1. The second-order valence-corrected chi connectivity index (χ2v) is 7.28. The summed E-state index contributed by atoms with van der Waals surface area (Å²) in [5.74, 6) is 0.864. The quantitative estimate of drug-likeness (QED) is 0.755. The zero-order chi connectivity index (χ0) is 19.6. The summed E-state index contributed by atoms with van der Waals surface area (Å²) in [6, 6.07) is 16.1. The van der Waals surface area contributed by atoms with Crippen LogP contribution in [0.1, 0.15) is 30.7 Å². The van der Waals surface area contributed by atoms with E-state index >= 15 is 0 Å². The third-order valence-corrected chi connectivity index (χ3v) is 4.97. The Bertz CT molecular complexity index is 1080. The summed E-state index contributed by atoms with van der Waals surface area (Å²) in [5.41, 5.74) is 2.44. The minimum absolute atomic E-state index is 0.0684. The third-order valence-electron chi connectivity index (χ3n) is 4.97. The molecule has 2 aromatic heterocycles. The van der Waals surface area contributed by atoms with Gasteiger partial charge in [-0.05, 0) is 48.6 Å². The summed E-state index contributed by atoms with van der Waals surface area (Å²) >= 11 is 0. The lowest BCUT2D eigenvalue weighted by Gasteiger charge is -2.23. The van der Waals surface area contributed by atoms with Crippen LogP contribution in [0.25, 0.3) is 10.9 Å². The Labute approximate surface area is 159 Å². The number of aromatic nitrogens is 2. The molecule has 0 aliphatic heterocycles. The van der Waals surface area contributed by atoms with Crippen LogP contribution in [0.5, 0.6) is 0 Å². The van der Waals surface area contributed by atoms with Crippen molar-refractivity contribution < 1.29 is 0 Å². The molecule has 3 aromatic rings. The molecule has 1 unspecified atom stereocenters. The number of aryl methyl sites for hydroxylation is 1. The molecular formula is C22H24N4O. The van der Waals surface area contributed by atoms with E-state index in [-0.39, 0.29) is 5.56 Å². The molecule has 1 atom stereocenters. The Morgan fingerprint density at radius 3 is 2.67 bits per heavy atom. The number of nitriles is 1. The molecule has 0 spiro atoms. The molecule has 3 rings (SSSR count). The maximum atomic E-state index is 12.2. The fourth-order valence-corrected chi connectivity index (χ4v) is 3.23. The van der Waals surface area contributed by atoms with Gasteiger partial charge in [0.15, 0.2) is 0 Å². The third kappa shape index (κ3) is 3.70. The van der Waals surface area contributed by atoms with E-state index < -0.39 is 5.41 Å². The molecule has 0 fully saturated rings. The van der Waals surface area contributed by atoms with Crippen LogP contribution in [-0.2, 0) is 18.3 Å². The summed E-state index contributed by atoms with van der Waals surface area (Å²) < 4.78 is 0. The number of nitrogens with zero attached hydrogens (tertiary/aromatic N) is 3. The maximum absolute atomic E-state index is 12.2. The zero-order valence-electron chi connectivity index (χ0n) is 16.2. The van der Waals surface area contributed by atoms with E-state index in [4.69, 9.17) is 0 Å². The average molecular weight is 360 g/mol. The van der Waals surface area contributed by atoms with Gasteiger partial charge in [-0.2, -0.15) is 5.26 Å². The minimum atomic E-state index is -0.744. The van der Waals surface area contributed by atoms with E-state index in [1.807, 2.05) is 75.3 Å². The van der Waals surface area contributed by atoms with Crippen LogP contribution < -0.4 is 10.5 Å². The summed E-state index contributed by atoms with van der Waals surface area (Å²) in [7, 11) is 3.89. The number of pyridine rings is 2. The van der Waals surface area contributed by atoms with Gasteiger partial charge in [-0.15, -0.1) is 0 Å². The van der Waals surface area contributed by atoms with Gasteiger partial charge in [0, 0.05) is 37.3 Å². The topological polar surface area (TPSA) is 72.8 Å². The fraction of sp³-hybridized carbons (Fsp3) is 0.318. The summed E-state index contributed by atoms with van der Waals surface area (Å²) in [4.78, 5) is 21.7. The molecule has 27 heavy (non-hydrogen) atoms. The lowest BCUT2D eigenvalue weighted by Crippen LogP contribution is -2.24. The minimum Gasteiger partial charge on any atom is -0.363 e. The van der Waals surface area contributed by atoms with E-state index in [0.29, 0.717) is 12.8 Å². The van der Waals surface area contributed by atoms with Crippen molar-refractivity contribution in [3.8, 4) is 6.07 Å². The van der Waals surface area contributed by atoms with Crippen molar-refractivity contribution in [2.75, 3.05) is 19.0 Å². The van der Waals surface area contributed by atoms with Crippen LogP contribution in [0.3, 0.4) is 0 Å². The van der Waals surface area contributed by atoms with Crippen molar-refractivity contribution in [3.05, 3.63) is 69.6 Å². The first-order chi connectivity index (χ1) is 12.9. The molecule has 1 N–H and O–H groups in total. The van der Waals surface area contributed by atoms with Gasteiger partial charge in [0.1, 0.15) is 5.82 Å². The normalized spacial score (nSPS) is 13.1. The number of aromatic amines is 1. The Balaban J connectivity index is 2.02. The number of nitrogens with one attached hydrogen (secondary N) is 1. The molecule has 5 nitrogen and oxygen atoms in total. The molecule has 1 aromatic carbocycles. The summed E-state index contributed by atoms with van der Waals surface area (Å²) in [6.07, 6.45) is 1.19. The second kappa shape index (κ2) is 7.24. The Hall–Kier alpha value is -3.13. The first-order valence-electron chi connectivity index (χ1n) is 9.07. The smallest absolute Gasteiger partial charge is 0.251 e. The van der Waals surface area contributed by atoms with E-state index in [2.05, 4.69) is 16.0 Å². The molecule has 0 saturated heterocycles. The van der Waals surface area contributed by atoms with E-state index in [0.717, 1.165) is 33.5 Å². The molecule has 0 bridgehead atoms. The lowest BCUT2D eigenvalue weighted by atomic mass is 9.79. The van der Waals surface area contributed by atoms with Crippen LogP contribution in [-0.4, -0.2) is 24.1 Å². The lowest BCUT2D eigenvalue weighted by molar-refractivity contribution is 0.597. The van der Waals surface area contributed by atoms with Crippen molar-refractivity contribution >= 4 is 16.7 Å². The second-order valence-electron chi connectivity index (χ2n) is 7.28. The summed E-state index contributed by atoms with van der Waals surface area (Å²) in [6.45, 7) is 3.88. The SMILES string of the molecule is CCc1cc2ccc(C(C)(C#N)Cc3cccc(N(C)C)n3)cc2[nH]c1=O. The van der Waals surface area contributed by atoms with Gasteiger partial charge in [0.05, 0.1) is 11.5 Å². The summed E-state index contributed by atoms with van der Waals surface area (Å²) in [5, 5.41) is 10.9. The number of H-pyrrole nitrogens is 1. The number of rotatable bonds is 5. The van der Waals surface area contributed by atoms with Crippen molar-refractivity contribution in [2.45, 2.75) is 32.1 Å². The van der Waals surface area contributed by atoms with Crippen LogP contribution in [0.4, 0.5) is 5.82 Å². The standard InChI is InChI=1S/C22H24N4O/c1-5-15-11-16-9-10-17(12-19(16)25-21(15)27)22(2,14-23)13-18-7-6-8-20(24-18)26(3)4/h6-12H,5,13H2,1-4H3,(H,25,27). The maximum Gasteiger partial charge on any atom is 0.251 e. The average Bonchev–Trinajstić information content (AvgIpc) is 2.67. The number of hydrogen-bond donors (Lipinski definition) is 1. The van der Waals surface area contributed by atoms with Crippen molar-refractivity contribution in [1.29, 1.82) is 5.26 Å². The number of anilines is 1. The van der Waals surface area contributed by atoms with Crippen LogP contribution >= 0.6 is 0 Å². The molecular weight excluding hydrogens is 336 g/mol. The highest BCUT2D eigenvalue weighted by molar-refractivity contribution is 5.80. The highest BCUT2D eigenvalue weighted by Gasteiger charge is 2.28. The largest absolute Gasteiger partial charge is 0.363 e. The van der Waals surface area contributed by atoms with Crippen LogP contribution in [0, 0.1) is 11.3 Å². The van der Waals surface area contributed by atoms with Crippen molar-refractivity contribution in [2.24, 2.45) is 0 Å². The molecule has 0 aliphatic carbocycles. The van der Waals surface area contributed by atoms with Crippen LogP contribution in [0.15, 0.2) is 47.3 Å². The number of fused-ring (bicyclic) bond motifs is 1. The molecule has 138 valence electrons. The Morgan fingerprint density at radius 2 is 2.00 bits per heavy atom. The Morgan fingerprint density at radius 1 is 1.22 bits per heavy atom. The van der Waals surface area contributed by atoms with Gasteiger partial charge in [0.25, 0.3) is 5.56 Å². The first kappa shape index (κ1) is 18.7. The molecule has 0 saturated carbocycles. The van der Waals surface area contributed by atoms with Crippen molar-refractivity contribution in [3.63, 3.8) is 0 Å². The van der Waals surface area contributed by atoms with Gasteiger partial charge >= 0.3 is 0 Å². The van der Waals surface area contributed by atoms with Gasteiger partial charge < -0.3 is 9.88 Å². The fourth-order valence-electron chi connectivity index (χ4n) is 3.23. The zero-order valence-corrected chi connectivity index (χ0v) is 16.2. The van der Waals surface area contributed by atoms with E-state index in [1.54, 1.807) is 0 Å². The van der Waals surface area contributed by atoms with Gasteiger partial charge in [0.2, 0.25) is 0 Å². The van der Waals surface area contributed by atoms with Gasteiger partial charge in [-0.3, -0.25) is 4.79 Å². The highest BCUT2D eigenvalue weighted by Crippen LogP contribution is 2.29. The predicted molar refractivity (Wildman–Crippen MR) is 109 cm³/mol. The van der Waals surface area contributed by atoms with E-state index in [9.17, 15) is 10.1 Å². The molecule has 0 amide bonds. The highest BCUT2D eigenvalue weighted by atomic mass is 16.1. The van der Waals surface area contributed by atoms with E-state index in [1.165, 1.54) is 0 Å². The van der Waals surface area contributed by atoms with Crippen LogP contribution in [0.2, 0.25) is 0 Å². The van der Waals surface area contributed by atoms with Gasteiger partial charge in [-0.25, -0.2) is 4.98 Å². The number of hydrogen-bond acceptors (Lipinski definition) is 4. The molecule has 5 heteroatoms. The molecule has 0 aliphatic rings. The first-order valence-corrected chi connectivity index (χ1v) is 9.07. The predicted octanol–water partition coefficient (Wildman–Crippen LogP) is 3.58. The molecule has 2 heterocycles. The van der Waals surface area contributed by atoms with Gasteiger partial charge in [-0.1, -0.05) is 25.1 Å². The Kier molecular flexibility index (Phi) is 5.00. The van der Waals surface area contributed by atoms with Crippen molar-refractivity contribution in [1.82, 2.24) is 9.97 Å². The monoisotopic (exact) mass is 360 g/mol.